The van der Waals surface area contributed by atoms with Crippen molar-refractivity contribution in [3.8, 4) is 6.07 Å². The second kappa shape index (κ2) is 7.53. The van der Waals surface area contributed by atoms with E-state index in [1.54, 1.807) is 0 Å². The SMILES string of the molecule is N#CC1(C(N)=O)CC1[C@]1(C(=O)O)CC[C@@H](S(=O)(=O)c2ccc(N3CCC(F)(F)C3)cc2Cl)C1. The fraction of sp³-hybridized carbons (Fsp3) is 0.571. The van der Waals surface area contributed by atoms with E-state index < -0.39 is 56.2 Å². The van der Waals surface area contributed by atoms with E-state index in [0.717, 1.165) is 0 Å². The monoisotopic (exact) mass is 501 g/mol. The number of amides is 1. The lowest BCUT2D eigenvalue weighted by molar-refractivity contribution is -0.150. The second-order valence-electron chi connectivity index (χ2n) is 9.22. The molecule has 1 aliphatic heterocycles. The third-order valence-corrected chi connectivity index (χ3v) is 10.1. The Hall–Kier alpha value is -2.45. The molecule has 1 saturated heterocycles. The number of sulfone groups is 1. The summed E-state index contributed by atoms with van der Waals surface area (Å²) in [5.41, 5.74) is 2.55. The first kappa shape index (κ1) is 23.7. The number of alkyl halides is 2. The van der Waals surface area contributed by atoms with Crippen molar-refractivity contribution in [1.82, 2.24) is 0 Å². The molecule has 1 amide bonds. The minimum absolute atomic E-state index is 0.0157. The van der Waals surface area contributed by atoms with Gasteiger partial charge in [0.15, 0.2) is 9.84 Å². The van der Waals surface area contributed by atoms with Crippen molar-refractivity contribution in [3.05, 3.63) is 23.2 Å². The van der Waals surface area contributed by atoms with E-state index in [1.807, 2.05) is 6.07 Å². The van der Waals surface area contributed by atoms with Gasteiger partial charge in [0.2, 0.25) is 5.91 Å². The van der Waals surface area contributed by atoms with Crippen LogP contribution < -0.4 is 10.6 Å². The molecule has 3 fully saturated rings. The van der Waals surface area contributed by atoms with E-state index >= 15 is 0 Å². The predicted molar refractivity (Wildman–Crippen MR) is 113 cm³/mol. The number of benzene rings is 1. The molecule has 33 heavy (non-hydrogen) atoms. The van der Waals surface area contributed by atoms with Gasteiger partial charge in [0.1, 0.15) is 5.41 Å². The van der Waals surface area contributed by atoms with E-state index in [4.69, 9.17) is 17.3 Å². The standard InChI is InChI=1S/C21H22ClF2N3O5S/c22-14-7-12(27-6-5-21(23,24)11-27)1-2-15(14)33(31,32)13-3-4-19(8-13,18(29)30)16-9-20(16,10-25)17(26)28/h1-2,7,13,16H,3-6,8-9,11H2,(H2,26,28)(H,29,30)/t13-,16?,19+,20?/m1/s1. The molecule has 0 spiro atoms. The number of carbonyl (C=O) groups excluding carboxylic acids is 1. The Morgan fingerprint density at radius 3 is 2.45 bits per heavy atom. The van der Waals surface area contributed by atoms with Crippen molar-refractivity contribution in [1.29, 1.82) is 5.26 Å². The molecule has 3 N–H and O–H groups in total. The number of nitrogens with zero attached hydrogens (tertiary/aromatic N) is 2. The van der Waals surface area contributed by atoms with Crippen molar-refractivity contribution in [3.63, 3.8) is 0 Å². The molecular weight excluding hydrogens is 480 g/mol. The number of halogens is 3. The van der Waals surface area contributed by atoms with Crippen molar-refractivity contribution in [2.24, 2.45) is 22.5 Å². The molecule has 12 heteroatoms. The Balaban J connectivity index is 1.59. The number of primary amides is 1. The van der Waals surface area contributed by atoms with Crippen molar-refractivity contribution < 1.29 is 31.9 Å². The van der Waals surface area contributed by atoms with Crippen LogP contribution >= 0.6 is 11.6 Å². The largest absolute Gasteiger partial charge is 0.481 e. The van der Waals surface area contributed by atoms with Crippen LogP contribution in [0.15, 0.2) is 23.1 Å². The zero-order chi connectivity index (χ0) is 24.4. The number of carboxylic acid groups (broad SMARTS) is 1. The highest BCUT2D eigenvalue weighted by atomic mass is 35.5. The lowest BCUT2D eigenvalue weighted by Crippen LogP contribution is -2.37. The van der Waals surface area contributed by atoms with Gasteiger partial charge in [-0.2, -0.15) is 5.26 Å². The van der Waals surface area contributed by atoms with Gasteiger partial charge in [-0.15, -0.1) is 0 Å². The molecule has 178 valence electrons. The van der Waals surface area contributed by atoms with Gasteiger partial charge in [0, 0.05) is 24.6 Å². The highest BCUT2D eigenvalue weighted by molar-refractivity contribution is 7.92. The lowest BCUT2D eigenvalue weighted by Gasteiger charge is -2.26. The highest BCUT2D eigenvalue weighted by Gasteiger charge is 2.72. The number of carboxylic acids is 1. The van der Waals surface area contributed by atoms with Crippen LogP contribution in [0, 0.1) is 28.1 Å². The van der Waals surface area contributed by atoms with Crippen LogP contribution in [-0.2, 0) is 19.4 Å². The van der Waals surface area contributed by atoms with Gasteiger partial charge >= 0.3 is 5.97 Å². The van der Waals surface area contributed by atoms with Crippen molar-refractivity contribution in [2.45, 2.75) is 48.2 Å². The minimum Gasteiger partial charge on any atom is -0.481 e. The zero-order valence-electron chi connectivity index (χ0n) is 17.4. The average Bonchev–Trinajstić information content (AvgIpc) is 3.13. The summed E-state index contributed by atoms with van der Waals surface area (Å²) in [5.74, 6) is -5.86. The van der Waals surface area contributed by atoms with Crippen LogP contribution in [-0.4, -0.2) is 49.7 Å². The van der Waals surface area contributed by atoms with Gasteiger partial charge in [-0.25, -0.2) is 17.2 Å². The molecule has 3 aliphatic rings. The number of carbonyl (C=O) groups is 2. The van der Waals surface area contributed by atoms with Gasteiger partial charge in [-0.05, 0) is 43.9 Å². The summed E-state index contributed by atoms with van der Waals surface area (Å²) in [6.45, 7) is -0.373. The Bertz CT molecular complexity index is 1190. The Morgan fingerprint density at radius 2 is 1.97 bits per heavy atom. The number of anilines is 1. The maximum atomic E-state index is 13.5. The minimum atomic E-state index is -4.07. The summed E-state index contributed by atoms with van der Waals surface area (Å²) in [4.78, 5) is 25.2. The molecule has 2 aliphatic carbocycles. The number of nitrogens with two attached hydrogens (primary N) is 1. The zero-order valence-corrected chi connectivity index (χ0v) is 19.0. The maximum absolute atomic E-state index is 13.5. The number of aliphatic carboxylic acids is 1. The smallest absolute Gasteiger partial charge is 0.310 e. The van der Waals surface area contributed by atoms with E-state index in [0.29, 0.717) is 5.69 Å². The van der Waals surface area contributed by atoms with Crippen LogP contribution in [0.2, 0.25) is 5.02 Å². The summed E-state index contributed by atoms with van der Waals surface area (Å²) in [6.07, 6.45) is -0.606. The Labute approximate surface area is 194 Å². The fourth-order valence-corrected chi connectivity index (χ4v) is 7.78. The fourth-order valence-electron chi connectivity index (χ4n) is 5.39. The lowest BCUT2D eigenvalue weighted by atomic mass is 9.77. The molecule has 1 aromatic rings. The third-order valence-electron chi connectivity index (χ3n) is 7.39. The van der Waals surface area contributed by atoms with Crippen molar-refractivity contribution in [2.75, 3.05) is 18.0 Å². The highest BCUT2D eigenvalue weighted by Crippen LogP contribution is 2.66. The molecule has 2 unspecified atom stereocenters. The molecule has 0 aromatic heterocycles. The van der Waals surface area contributed by atoms with Gasteiger partial charge < -0.3 is 15.7 Å². The van der Waals surface area contributed by atoms with E-state index in [9.17, 15) is 37.2 Å². The van der Waals surface area contributed by atoms with E-state index in [-0.39, 0.29) is 48.6 Å². The molecule has 4 atom stereocenters. The molecule has 0 bridgehead atoms. The van der Waals surface area contributed by atoms with Crippen LogP contribution in [0.25, 0.3) is 0 Å². The Morgan fingerprint density at radius 1 is 1.27 bits per heavy atom. The third kappa shape index (κ3) is 3.64. The second-order valence-corrected chi connectivity index (χ2v) is 11.8. The molecule has 1 heterocycles. The van der Waals surface area contributed by atoms with Gasteiger partial charge in [0.25, 0.3) is 5.92 Å². The van der Waals surface area contributed by atoms with Gasteiger partial charge in [-0.3, -0.25) is 9.59 Å². The van der Waals surface area contributed by atoms with Crippen LogP contribution in [0.1, 0.15) is 32.1 Å². The summed E-state index contributed by atoms with van der Waals surface area (Å²) in [7, 11) is -4.07. The molecule has 2 saturated carbocycles. The topological polar surface area (TPSA) is 142 Å². The molecule has 8 nitrogen and oxygen atoms in total. The van der Waals surface area contributed by atoms with Gasteiger partial charge in [0.05, 0.1) is 33.2 Å². The summed E-state index contributed by atoms with van der Waals surface area (Å²) in [5, 5.41) is 18.1. The van der Waals surface area contributed by atoms with Crippen LogP contribution in [0.3, 0.4) is 0 Å². The quantitative estimate of drug-likeness (QED) is 0.610. The number of rotatable bonds is 6. The molecular formula is C21H22ClF2N3O5S. The maximum Gasteiger partial charge on any atom is 0.310 e. The average molecular weight is 502 g/mol. The first-order valence-electron chi connectivity index (χ1n) is 10.4. The first-order valence-corrected chi connectivity index (χ1v) is 12.3. The molecule has 0 radical (unpaired) electrons. The van der Waals surface area contributed by atoms with E-state index in [2.05, 4.69) is 0 Å². The Kier molecular flexibility index (Phi) is 5.41. The summed E-state index contributed by atoms with van der Waals surface area (Å²) >= 11 is 6.25. The molecule has 4 rings (SSSR count). The van der Waals surface area contributed by atoms with Crippen LogP contribution in [0.4, 0.5) is 14.5 Å². The van der Waals surface area contributed by atoms with E-state index in [1.165, 1.54) is 23.1 Å². The van der Waals surface area contributed by atoms with Crippen LogP contribution in [0.5, 0.6) is 0 Å². The normalized spacial score (nSPS) is 33.0. The summed E-state index contributed by atoms with van der Waals surface area (Å²) in [6, 6.07) is 5.81. The van der Waals surface area contributed by atoms with Gasteiger partial charge in [-0.1, -0.05) is 11.6 Å². The molecule has 1 aromatic carbocycles. The number of nitriles is 1. The summed E-state index contributed by atoms with van der Waals surface area (Å²) < 4.78 is 53.7. The first-order chi connectivity index (χ1) is 15.3. The van der Waals surface area contributed by atoms with Crippen molar-refractivity contribution >= 4 is 39.0 Å². The number of hydrogen-bond acceptors (Lipinski definition) is 6. The predicted octanol–water partition coefficient (Wildman–Crippen LogP) is 2.60. The number of hydrogen-bond donors (Lipinski definition) is 2.